The summed E-state index contributed by atoms with van der Waals surface area (Å²) in [7, 11) is 0. The molecule has 70 valence electrons. The first-order valence-electron chi connectivity index (χ1n) is 3.81. The molecule has 2 rings (SSSR count). The van der Waals surface area contributed by atoms with E-state index >= 15 is 0 Å². The Morgan fingerprint density at radius 2 is 2.54 bits per heavy atom. The van der Waals surface area contributed by atoms with E-state index in [0.29, 0.717) is 17.5 Å². The second-order valence-electron chi connectivity index (χ2n) is 2.71. The number of ether oxygens (including phenoxy) is 2. The SMILES string of the molecule is Clc1ncc(OC[C@@H]2CO2)cc1Br. The van der Waals surface area contributed by atoms with E-state index in [1.807, 2.05) is 0 Å². The van der Waals surface area contributed by atoms with Crippen LogP contribution in [0.1, 0.15) is 0 Å². The Morgan fingerprint density at radius 1 is 1.77 bits per heavy atom. The zero-order valence-electron chi connectivity index (χ0n) is 6.67. The standard InChI is InChI=1S/C8H7BrClNO2/c9-7-1-5(2-11-8(7)10)12-3-6-4-13-6/h1-2,6H,3-4H2/t6-/m1/s1. The van der Waals surface area contributed by atoms with E-state index in [9.17, 15) is 0 Å². The minimum Gasteiger partial charge on any atom is -0.489 e. The Hall–Kier alpha value is -0.320. The van der Waals surface area contributed by atoms with E-state index in [-0.39, 0.29) is 6.10 Å². The monoisotopic (exact) mass is 263 g/mol. The molecular weight excluding hydrogens is 257 g/mol. The van der Waals surface area contributed by atoms with Crippen molar-refractivity contribution in [1.29, 1.82) is 0 Å². The number of hydrogen-bond donors (Lipinski definition) is 0. The Balaban J connectivity index is 1.98. The van der Waals surface area contributed by atoms with Gasteiger partial charge >= 0.3 is 0 Å². The molecule has 3 nitrogen and oxygen atoms in total. The van der Waals surface area contributed by atoms with Gasteiger partial charge in [-0.15, -0.1) is 0 Å². The van der Waals surface area contributed by atoms with Crippen molar-refractivity contribution in [1.82, 2.24) is 4.98 Å². The quantitative estimate of drug-likeness (QED) is 0.620. The van der Waals surface area contributed by atoms with Gasteiger partial charge in [0.25, 0.3) is 0 Å². The van der Waals surface area contributed by atoms with Gasteiger partial charge in [0.2, 0.25) is 0 Å². The highest BCUT2D eigenvalue weighted by Gasteiger charge is 2.23. The average Bonchev–Trinajstić information content (AvgIpc) is 2.91. The zero-order chi connectivity index (χ0) is 9.26. The van der Waals surface area contributed by atoms with Gasteiger partial charge in [-0.1, -0.05) is 11.6 Å². The third-order valence-electron chi connectivity index (χ3n) is 1.61. The lowest BCUT2D eigenvalue weighted by Gasteiger charge is -2.03. The van der Waals surface area contributed by atoms with Crippen molar-refractivity contribution in [2.75, 3.05) is 13.2 Å². The summed E-state index contributed by atoms with van der Waals surface area (Å²) in [5.41, 5.74) is 0. The van der Waals surface area contributed by atoms with Crippen LogP contribution in [0.2, 0.25) is 5.15 Å². The number of rotatable bonds is 3. The lowest BCUT2D eigenvalue weighted by Crippen LogP contribution is -2.04. The highest BCUT2D eigenvalue weighted by Crippen LogP contribution is 2.24. The van der Waals surface area contributed by atoms with Crippen LogP contribution in [0.25, 0.3) is 0 Å². The lowest BCUT2D eigenvalue weighted by molar-refractivity contribution is 0.262. The maximum atomic E-state index is 5.72. The molecule has 0 unspecified atom stereocenters. The molecule has 1 saturated heterocycles. The van der Waals surface area contributed by atoms with Gasteiger partial charge in [0.1, 0.15) is 23.6 Å². The number of halogens is 2. The number of epoxide rings is 1. The van der Waals surface area contributed by atoms with Gasteiger partial charge in [-0.2, -0.15) is 0 Å². The van der Waals surface area contributed by atoms with E-state index in [4.69, 9.17) is 21.1 Å². The molecule has 1 aromatic rings. The molecule has 0 radical (unpaired) electrons. The number of hydrogen-bond acceptors (Lipinski definition) is 3. The van der Waals surface area contributed by atoms with Crippen LogP contribution in [0, 0.1) is 0 Å². The van der Waals surface area contributed by atoms with E-state index in [1.165, 1.54) is 0 Å². The Labute approximate surface area is 89.1 Å². The molecule has 1 atom stereocenters. The molecular formula is C8H7BrClNO2. The summed E-state index contributed by atoms with van der Waals surface area (Å²) in [5.74, 6) is 0.701. The number of pyridine rings is 1. The number of nitrogens with zero attached hydrogens (tertiary/aromatic N) is 1. The minimum atomic E-state index is 0.259. The van der Waals surface area contributed by atoms with Gasteiger partial charge in [-0.25, -0.2) is 4.98 Å². The van der Waals surface area contributed by atoms with Crippen molar-refractivity contribution >= 4 is 27.5 Å². The fraction of sp³-hybridized carbons (Fsp3) is 0.375. The van der Waals surface area contributed by atoms with Crippen molar-refractivity contribution in [2.24, 2.45) is 0 Å². The van der Waals surface area contributed by atoms with Crippen LogP contribution in [-0.2, 0) is 4.74 Å². The molecule has 1 aromatic heterocycles. The molecule has 13 heavy (non-hydrogen) atoms. The van der Waals surface area contributed by atoms with Crippen molar-refractivity contribution in [3.63, 3.8) is 0 Å². The van der Waals surface area contributed by atoms with Crippen LogP contribution in [0.4, 0.5) is 0 Å². The van der Waals surface area contributed by atoms with E-state index in [2.05, 4.69) is 20.9 Å². The van der Waals surface area contributed by atoms with Gasteiger partial charge in [-0.05, 0) is 22.0 Å². The first kappa shape index (κ1) is 9.24. The average molecular weight is 265 g/mol. The molecule has 1 aliphatic heterocycles. The van der Waals surface area contributed by atoms with Crippen molar-refractivity contribution in [2.45, 2.75) is 6.10 Å². The molecule has 2 heterocycles. The Bertz CT molecular complexity index is 317. The van der Waals surface area contributed by atoms with Crippen molar-refractivity contribution < 1.29 is 9.47 Å². The van der Waals surface area contributed by atoms with Crippen LogP contribution >= 0.6 is 27.5 Å². The van der Waals surface area contributed by atoms with Crippen LogP contribution in [-0.4, -0.2) is 24.3 Å². The smallest absolute Gasteiger partial charge is 0.143 e. The van der Waals surface area contributed by atoms with Crippen LogP contribution in [0.15, 0.2) is 16.7 Å². The third kappa shape index (κ3) is 2.56. The van der Waals surface area contributed by atoms with Crippen LogP contribution < -0.4 is 4.74 Å². The normalized spacial score (nSPS) is 20.0. The third-order valence-corrected chi connectivity index (χ3v) is 2.74. The number of aromatic nitrogens is 1. The van der Waals surface area contributed by atoms with Crippen molar-refractivity contribution in [3.8, 4) is 5.75 Å². The summed E-state index contributed by atoms with van der Waals surface area (Å²) in [5, 5.41) is 0.440. The zero-order valence-corrected chi connectivity index (χ0v) is 9.01. The molecule has 1 aliphatic rings. The fourth-order valence-corrected chi connectivity index (χ4v) is 1.27. The summed E-state index contributed by atoms with van der Waals surface area (Å²) >= 11 is 8.98. The first-order chi connectivity index (χ1) is 6.25. The fourth-order valence-electron chi connectivity index (χ4n) is 0.836. The van der Waals surface area contributed by atoms with E-state index in [0.717, 1.165) is 11.1 Å². The minimum absolute atomic E-state index is 0.259. The van der Waals surface area contributed by atoms with Crippen LogP contribution in [0.3, 0.4) is 0 Å². The largest absolute Gasteiger partial charge is 0.489 e. The first-order valence-corrected chi connectivity index (χ1v) is 4.98. The van der Waals surface area contributed by atoms with Gasteiger partial charge < -0.3 is 9.47 Å². The highest BCUT2D eigenvalue weighted by atomic mass is 79.9. The molecule has 0 N–H and O–H groups in total. The van der Waals surface area contributed by atoms with Gasteiger partial charge in [0.15, 0.2) is 0 Å². The topological polar surface area (TPSA) is 34.6 Å². The summed E-state index contributed by atoms with van der Waals surface area (Å²) < 4.78 is 11.1. The Morgan fingerprint density at radius 3 is 3.15 bits per heavy atom. The molecule has 0 saturated carbocycles. The predicted molar refractivity (Wildman–Crippen MR) is 52.2 cm³/mol. The second-order valence-corrected chi connectivity index (χ2v) is 3.92. The lowest BCUT2D eigenvalue weighted by atomic mass is 10.4. The molecule has 0 amide bonds. The van der Waals surface area contributed by atoms with Gasteiger partial charge in [-0.3, -0.25) is 0 Å². The summed E-state index contributed by atoms with van der Waals surface area (Å²) in [4.78, 5) is 3.93. The molecule has 5 heteroatoms. The molecule has 0 spiro atoms. The van der Waals surface area contributed by atoms with E-state index < -0.39 is 0 Å². The maximum absolute atomic E-state index is 5.72. The van der Waals surface area contributed by atoms with E-state index in [1.54, 1.807) is 12.3 Å². The summed E-state index contributed by atoms with van der Waals surface area (Å²) in [6.45, 7) is 1.37. The highest BCUT2D eigenvalue weighted by molar-refractivity contribution is 9.10. The van der Waals surface area contributed by atoms with Crippen LogP contribution in [0.5, 0.6) is 5.75 Å². The Kier molecular flexibility index (Phi) is 2.71. The van der Waals surface area contributed by atoms with Crippen molar-refractivity contribution in [3.05, 3.63) is 21.9 Å². The summed E-state index contributed by atoms with van der Waals surface area (Å²) in [6.07, 6.45) is 1.85. The molecule has 0 aliphatic carbocycles. The van der Waals surface area contributed by atoms with Gasteiger partial charge in [0.05, 0.1) is 17.3 Å². The predicted octanol–water partition coefficient (Wildman–Crippen LogP) is 2.28. The second kappa shape index (κ2) is 3.82. The molecule has 1 fully saturated rings. The molecule has 0 bridgehead atoms. The summed E-state index contributed by atoms with van der Waals surface area (Å²) in [6, 6.07) is 1.79. The maximum Gasteiger partial charge on any atom is 0.143 e. The van der Waals surface area contributed by atoms with Gasteiger partial charge in [0, 0.05) is 0 Å². The molecule has 0 aromatic carbocycles.